The summed E-state index contributed by atoms with van der Waals surface area (Å²) in [5, 5.41) is 11.7. The maximum atomic E-state index is 5.86. The molecule has 0 unspecified atom stereocenters. The Hall–Kier alpha value is -1.01. The fourth-order valence-corrected chi connectivity index (χ4v) is 1.92. The molecule has 92 valence electrons. The molecule has 0 saturated heterocycles. The van der Waals surface area contributed by atoms with Crippen LogP contribution in [-0.4, -0.2) is 33.4 Å². The third kappa shape index (κ3) is 2.38. The lowest BCUT2D eigenvalue weighted by molar-refractivity contribution is -0.0602. The van der Waals surface area contributed by atoms with Crippen molar-refractivity contribution in [3.8, 4) is 0 Å². The summed E-state index contributed by atoms with van der Waals surface area (Å²) in [7, 11) is 0. The number of rotatable bonds is 7. The molecule has 1 rings (SSSR count). The predicted octanol–water partition coefficient (Wildman–Crippen LogP) is 0.684. The normalized spacial score (nSPS) is 12.0. The second-order valence-electron chi connectivity index (χ2n) is 3.65. The van der Waals surface area contributed by atoms with Gasteiger partial charge in [0.25, 0.3) is 0 Å². The van der Waals surface area contributed by atoms with Crippen LogP contribution in [0.5, 0.6) is 0 Å². The molecule has 0 radical (unpaired) electrons. The zero-order valence-corrected chi connectivity index (χ0v) is 10.3. The Morgan fingerprint density at radius 2 is 2.00 bits per heavy atom. The van der Waals surface area contributed by atoms with E-state index in [1.54, 1.807) is 4.68 Å². The van der Waals surface area contributed by atoms with Crippen LogP contribution in [0.4, 0.5) is 0 Å². The van der Waals surface area contributed by atoms with E-state index in [4.69, 9.17) is 10.5 Å². The minimum absolute atomic E-state index is 0.382. The van der Waals surface area contributed by atoms with E-state index >= 15 is 0 Å². The lowest BCUT2D eigenvalue weighted by atomic mass is 9.96. The topological polar surface area (TPSA) is 78.9 Å². The Morgan fingerprint density at radius 3 is 2.50 bits per heavy atom. The van der Waals surface area contributed by atoms with Gasteiger partial charge in [0.1, 0.15) is 5.60 Å². The second kappa shape index (κ2) is 5.91. The predicted molar refractivity (Wildman–Crippen MR) is 60.8 cm³/mol. The molecular weight excluding hydrogens is 206 g/mol. The van der Waals surface area contributed by atoms with Gasteiger partial charge in [0.15, 0.2) is 5.82 Å². The van der Waals surface area contributed by atoms with Gasteiger partial charge < -0.3 is 10.5 Å². The third-order valence-corrected chi connectivity index (χ3v) is 2.84. The number of ether oxygens (including phenoxy) is 1. The van der Waals surface area contributed by atoms with Crippen LogP contribution in [0.1, 0.15) is 39.4 Å². The maximum absolute atomic E-state index is 5.86. The number of aromatic nitrogens is 4. The first-order valence-corrected chi connectivity index (χ1v) is 5.84. The van der Waals surface area contributed by atoms with Crippen LogP contribution in [0.3, 0.4) is 0 Å². The molecule has 0 saturated carbocycles. The zero-order valence-electron chi connectivity index (χ0n) is 10.3. The van der Waals surface area contributed by atoms with E-state index in [1.807, 2.05) is 6.92 Å². The molecule has 6 nitrogen and oxygen atoms in total. The minimum Gasteiger partial charge on any atom is -0.367 e. The van der Waals surface area contributed by atoms with Crippen molar-refractivity contribution in [3.63, 3.8) is 0 Å². The van der Waals surface area contributed by atoms with Gasteiger partial charge in [0.05, 0.1) is 6.54 Å². The molecule has 0 aliphatic rings. The van der Waals surface area contributed by atoms with Crippen LogP contribution in [0.2, 0.25) is 0 Å². The molecular formula is C10H21N5O. The van der Waals surface area contributed by atoms with E-state index < -0.39 is 0 Å². The summed E-state index contributed by atoms with van der Waals surface area (Å²) >= 11 is 0. The Kier molecular flexibility index (Phi) is 4.82. The van der Waals surface area contributed by atoms with E-state index in [-0.39, 0.29) is 5.60 Å². The van der Waals surface area contributed by atoms with Crippen LogP contribution in [0, 0.1) is 0 Å². The van der Waals surface area contributed by atoms with Crippen LogP contribution >= 0.6 is 0 Å². The fourth-order valence-electron chi connectivity index (χ4n) is 1.92. The van der Waals surface area contributed by atoms with Crippen molar-refractivity contribution in [1.29, 1.82) is 0 Å². The van der Waals surface area contributed by atoms with Crippen LogP contribution in [-0.2, 0) is 16.9 Å². The van der Waals surface area contributed by atoms with Crippen LogP contribution in [0.25, 0.3) is 0 Å². The molecule has 16 heavy (non-hydrogen) atoms. The molecule has 1 aromatic rings. The maximum Gasteiger partial charge on any atom is 0.183 e. The largest absolute Gasteiger partial charge is 0.367 e. The first kappa shape index (κ1) is 13.1. The molecule has 0 aromatic carbocycles. The third-order valence-electron chi connectivity index (χ3n) is 2.84. The van der Waals surface area contributed by atoms with E-state index in [2.05, 4.69) is 29.4 Å². The van der Waals surface area contributed by atoms with Gasteiger partial charge in [-0.05, 0) is 30.2 Å². The highest BCUT2D eigenvalue weighted by molar-refractivity contribution is 5.00. The summed E-state index contributed by atoms with van der Waals surface area (Å²) in [6.07, 6.45) is 1.70. The number of hydrogen-bond acceptors (Lipinski definition) is 5. The lowest BCUT2D eigenvalue weighted by Gasteiger charge is -2.29. The molecule has 1 aromatic heterocycles. The van der Waals surface area contributed by atoms with Crippen molar-refractivity contribution < 1.29 is 4.74 Å². The van der Waals surface area contributed by atoms with Gasteiger partial charge in [-0.25, -0.2) is 4.68 Å². The van der Waals surface area contributed by atoms with Gasteiger partial charge in [-0.15, -0.1) is 5.10 Å². The van der Waals surface area contributed by atoms with Crippen molar-refractivity contribution in [2.75, 3.05) is 13.2 Å². The molecule has 0 aliphatic carbocycles. The van der Waals surface area contributed by atoms with Gasteiger partial charge in [0.2, 0.25) is 0 Å². The standard InChI is InChI=1S/C10H21N5O/c1-4-10(5-2,16-6-3)9-12-13-14-15(9)8-7-11/h4-8,11H2,1-3H3. The van der Waals surface area contributed by atoms with Gasteiger partial charge in [-0.2, -0.15) is 0 Å². The zero-order chi connectivity index (χ0) is 12.0. The van der Waals surface area contributed by atoms with Gasteiger partial charge in [-0.3, -0.25) is 0 Å². The summed E-state index contributed by atoms with van der Waals surface area (Å²) in [6.45, 7) is 7.94. The quantitative estimate of drug-likeness (QED) is 0.741. The average Bonchev–Trinajstić information content (AvgIpc) is 2.75. The van der Waals surface area contributed by atoms with E-state index in [0.29, 0.717) is 19.7 Å². The highest BCUT2D eigenvalue weighted by Crippen LogP contribution is 2.30. The molecule has 1 heterocycles. The van der Waals surface area contributed by atoms with Crippen molar-refractivity contribution in [3.05, 3.63) is 5.82 Å². The number of tetrazole rings is 1. The SMILES string of the molecule is CCOC(CC)(CC)c1nnnn1CCN. The van der Waals surface area contributed by atoms with E-state index in [9.17, 15) is 0 Å². The highest BCUT2D eigenvalue weighted by Gasteiger charge is 2.34. The molecule has 0 spiro atoms. The molecule has 0 atom stereocenters. The lowest BCUT2D eigenvalue weighted by Crippen LogP contribution is -2.33. The highest BCUT2D eigenvalue weighted by atomic mass is 16.5. The summed E-state index contributed by atoms with van der Waals surface area (Å²) in [5.41, 5.74) is 5.15. The smallest absolute Gasteiger partial charge is 0.183 e. The summed E-state index contributed by atoms with van der Waals surface area (Å²) in [6, 6.07) is 0. The fraction of sp³-hybridized carbons (Fsp3) is 0.900. The summed E-state index contributed by atoms with van der Waals surface area (Å²) < 4.78 is 7.59. The van der Waals surface area contributed by atoms with Crippen LogP contribution in [0.15, 0.2) is 0 Å². The van der Waals surface area contributed by atoms with Gasteiger partial charge in [0, 0.05) is 13.2 Å². The molecule has 0 amide bonds. The van der Waals surface area contributed by atoms with Crippen LogP contribution < -0.4 is 5.73 Å². The monoisotopic (exact) mass is 227 g/mol. The number of hydrogen-bond donors (Lipinski definition) is 1. The first-order chi connectivity index (χ1) is 7.74. The second-order valence-corrected chi connectivity index (χ2v) is 3.65. The van der Waals surface area contributed by atoms with E-state index in [0.717, 1.165) is 18.7 Å². The first-order valence-electron chi connectivity index (χ1n) is 5.84. The molecule has 2 N–H and O–H groups in total. The Bertz CT molecular complexity index is 308. The van der Waals surface area contributed by atoms with Crippen molar-refractivity contribution in [2.24, 2.45) is 5.73 Å². The Labute approximate surface area is 96.2 Å². The van der Waals surface area contributed by atoms with Crippen molar-refractivity contribution in [2.45, 2.75) is 45.8 Å². The molecule has 0 bridgehead atoms. The van der Waals surface area contributed by atoms with E-state index in [1.165, 1.54) is 0 Å². The summed E-state index contributed by atoms with van der Waals surface area (Å²) in [4.78, 5) is 0. The Morgan fingerprint density at radius 1 is 1.31 bits per heavy atom. The Balaban J connectivity index is 3.04. The van der Waals surface area contributed by atoms with Crippen molar-refractivity contribution in [1.82, 2.24) is 20.2 Å². The summed E-state index contributed by atoms with van der Waals surface area (Å²) in [5.74, 6) is 0.782. The molecule has 6 heteroatoms. The van der Waals surface area contributed by atoms with Gasteiger partial charge >= 0.3 is 0 Å². The number of nitrogens with two attached hydrogens (primary N) is 1. The average molecular weight is 227 g/mol. The number of nitrogens with zero attached hydrogens (tertiary/aromatic N) is 4. The molecule has 0 fully saturated rings. The van der Waals surface area contributed by atoms with Gasteiger partial charge in [-0.1, -0.05) is 13.8 Å². The minimum atomic E-state index is -0.382. The van der Waals surface area contributed by atoms with Crippen molar-refractivity contribution >= 4 is 0 Å². The molecule has 0 aliphatic heterocycles.